The number of nitrogens with zero attached hydrogens (tertiary/aromatic N) is 3. The molecule has 0 aliphatic heterocycles. The summed E-state index contributed by atoms with van der Waals surface area (Å²) in [6.45, 7) is 5.08. The number of hydrogen-bond acceptors (Lipinski definition) is 6. The Labute approximate surface area is 255 Å². The number of amides is 1. The van der Waals surface area contributed by atoms with Crippen molar-refractivity contribution in [1.82, 2.24) is 9.99 Å². The Morgan fingerprint density at radius 1 is 0.976 bits per heavy atom. The van der Waals surface area contributed by atoms with Gasteiger partial charge in [0.15, 0.2) is 0 Å². The molecule has 4 aromatic rings. The van der Waals surface area contributed by atoms with Crippen molar-refractivity contribution in [2.45, 2.75) is 25.7 Å². The third-order valence-corrected chi connectivity index (χ3v) is 8.89. The summed E-state index contributed by atoms with van der Waals surface area (Å²) in [7, 11) is -1.31. The van der Waals surface area contributed by atoms with E-state index in [0.717, 1.165) is 26.8 Å². The minimum absolute atomic E-state index is 0.0152. The SMILES string of the molecule is COc1ccc(OC)c(N(CC(=O)N/N=C/c2cc(C)n(-c3cc(Cl)ccc3Cl)c2C)S(=O)(=O)c2ccc(C)cc2)c1. The van der Waals surface area contributed by atoms with Gasteiger partial charge in [0, 0.05) is 28.0 Å². The summed E-state index contributed by atoms with van der Waals surface area (Å²) in [4.78, 5) is 13.1. The molecule has 0 spiro atoms. The summed E-state index contributed by atoms with van der Waals surface area (Å²) in [5.41, 5.74) is 6.61. The molecule has 0 radical (unpaired) electrons. The fourth-order valence-corrected chi connectivity index (χ4v) is 6.21. The van der Waals surface area contributed by atoms with E-state index in [2.05, 4.69) is 10.5 Å². The van der Waals surface area contributed by atoms with Gasteiger partial charge in [-0.05, 0) is 69.3 Å². The number of carbonyl (C=O) groups excluding carboxylic acids is 1. The zero-order chi connectivity index (χ0) is 30.6. The molecule has 9 nitrogen and oxygen atoms in total. The Balaban J connectivity index is 1.63. The van der Waals surface area contributed by atoms with E-state index in [0.29, 0.717) is 21.5 Å². The fourth-order valence-electron chi connectivity index (χ4n) is 4.41. The Morgan fingerprint density at radius 3 is 2.36 bits per heavy atom. The maximum absolute atomic E-state index is 13.8. The third-order valence-electron chi connectivity index (χ3n) is 6.56. The zero-order valence-electron chi connectivity index (χ0n) is 23.7. The highest BCUT2D eigenvalue weighted by molar-refractivity contribution is 7.92. The Morgan fingerprint density at radius 2 is 1.69 bits per heavy atom. The average Bonchev–Trinajstić information content (AvgIpc) is 3.24. The summed E-state index contributed by atoms with van der Waals surface area (Å²) in [6.07, 6.45) is 1.49. The summed E-state index contributed by atoms with van der Waals surface area (Å²) in [6, 6.07) is 18.1. The van der Waals surface area contributed by atoms with E-state index in [1.165, 1.54) is 38.6 Å². The van der Waals surface area contributed by atoms with E-state index < -0.39 is 22.5 Å². The van der Waals surface area contributed by atoms with Crippen LogP contribution < -0.4 is 19.2 Å². The van der Waals surface area contributed by atoms with Crippen LogP contribution >= 0.6 is 23.2 Å². The first-order chi connectivity index (χ1) is 20.0. The normalized spacial score (nSPS) is 11.5. The zero-order valence-corrected chi connectivity index (χ0v) is 26.0. The molecule has 0 atom stereocenters. The molecule has 1 aromatic heterocycles. The van der Waals surface area contributed by atoms with Gasteiger partial charge in [-0.3, -0.25) is 9.10 Å². The number of benzene rings is 3. The highest BCUT2D eigenvalue weighted by Crippen LogP contribution is 2.35. The number of halogens is 2. The van der Waals surface area contributed by atoms with Crippen molar-refractivity contribution in [2.75, 3.05) is 25.1 Å². The van der Waals surface area contributed by atoms with Gasteiger partial charge in [-0.2, -0.15) is 5.10 Å². The lowest BCUT2D eigenvalue weighted by Gasteiger charge is -2.25. The molecule has 1 N–H and O–H groups in total. The molecule has 3 aromatic carbocycles. The van der Waals surface area contributed by atoms with Crippen LogP contribution in [0.25, 0.3) is 5.69 Å². The first-order valence-corrected chi connectivity index (χ1v) is 14.9. The van der Waals surface area contributed by atoms with Crippen molar-refractivity contribution in [3.8, 4) is 17.2 Å². The van der Waals surface area contributed by atoms with Gasteiger partial charge >= 0.3 is 0 Å². The van der Waals surface area contributed by atoms with E-state index in [9.17, 15) is 13.2 Å². The van der Waals surface area contributed by atoms with E-state index in [4.69, 9.17) is 32.7 Å². The standard InChI is InChI=1S/C30H30Cl2N4O5S/c1-19-6-10-25(11-7-19)42(38,39)35(28-16-24(40-4)9-13-29(28)41-5)18-30(37)34-33-17-22-14-20(2)36(21(22)3)27-15-23(31)8-12-26(27)32/h6-17H,18H2,1-5H3,(H,34,37)/b33-17+. The maximum Gasteiger partial charge on any atom is 0.264 e. The first kappa shape index (κ1) is 31.0. The largest absolute Gasteiger partial charge is 0.497 e. The number of nitrogens with one attached hydrogen (secondary N) is 1. The van der Waals surface area contributed by atoms with Crippen molar-refractivity contribution < 1.29 is 22.7 Å². The second-order valence-corrected chi connectivity index (χ2v) is 12.1. The molecule has 220 valence electrons. The van der Waals surface area contributed by atoms with Gasteiger partial charge in [-0.25, -0.2) is 13.8 Å². The maximum atomic E-state index is 13.8. The number of anilines is 1. The predicted octanol–water partition coefficient (Wildman–Crippen LogP) is 6.07. The number of hydrazone groups is 1. The van der Waals surface area contributed by atoms with Crippen LogP contribution in [-0.4, -0.2) is 45.9 Å². The van der Waals surface area contributed by atoms with Crippen LogP contribution in [-0.2, 0) is 14.8 Å². The molecule has 0 aliphatic carbocycles. The van der Waals surface area contributed by atoms with E-state index in [1.807, 2.05) is 31.4 Å². The molecule has 0 aliphatic rings. The number of aromatic nitrogens is 1. The molecule has 0 bridgehead atoms. The third kappa shape index (κ3) is 6.56. The Bertz CT molecular complexity index is 1750. The monoisotopic (exact) mass is 628 g/mol. The summed E-state index contributed by atoms with van der Waals surface area (Å²) in [5, 5.41) is 5.18. The molecule has 0 saturated carbocycles. The second kappa shape index (κ2) is 12.9. The lowest BCUT2D eigenvalue weighted by molar-refractivity contribution is -0.119. The average molecular weight is 630 g/mol. The molecule has 42 heavy (non-hydrogen) atoms. The fraction of sp³-hybridized carbons (Fsp3) is 0.200. The van der Waals surface area contributed by atoms with Crippen LogP contribution in [0.5, 0.6) is 11.5 Å². The molecule has 0 saturated heterocycles. The number of sulfonamides is 1. The quantitative estimate of drug-likeness (QED) is 0.170. The molecule has 0 fully saturated rings. The number of aryl methyl sites for hydroxylation is 2. The van der Waals surface area contributed by atoms with Crippen LogP contribution in [0.4, 0.5) is 5.69 Å². The highest BCUT2D eigenvalue weighted by atomic mass is 35.5. The first-order valence-electron chi connectivity index (χ1n) is 12.7. The molecule has 0 unspecified atom stereocenters. The number of hydrogen-bond donors (Lipinski definition) is 1. The second-order valence-electron chi connectivity index (χ2n) is 9.41. The molecule has 12 heteroatoms. The molecular weight excluding hydrogens is 599 g/mol. The van der Waals surface area contributed by atoms with E-state index in [-0.39, 0.29) is 16.3 Å². The van der Waals surface area contributed by atoms with Crippen LogP contribution in [0.3, 0.4) is 0 Å². The van der Waals surface area contributed by atoms with Gasteiger partial charge in [0.2, 0.25) is 0 Å². The van der Waals surface area contributed by atoms with Gasteiger partial charge in [-0.15, -0.1) is 0 Å². The Hall–Kier alpha value is -3.99. The van der Waals surface area contributed by atoms with Crippen molar-refractivity contribution in [3.05, 3.63) is 99.3 Å². The van der Waals surface area contributed by atoms with E-state index in [1.54, 1.807) is 42.5 Å². The van der Waals surface area contributed by atoms with Gasteiger partial charge in [0.25, 0.3) is 15.9 Å². The van der Waals surface area contributed by atoms with Crippen LogP contribution in [0.2, 0.25) is 10.0 Å². The number of carbonyl (C=O) groups is 1. The lowest BCUT2D eigenvalue weighted by atomic mass is 10.2. The van der Waals surface area contributed by atoms with Crippen molar-refractivity contribution >= 4 is 51.0 Å². The van der Waals surface area contributed by atoms with Gasteiger partial charge in [-0.1, -0.05) is 40.9 Å². The van der Waals surface area contributed by atoms with Crippen LogP contribution in [0, 0.1) is 20.8 Å². The Kier molecular flexibility index (Phi) is 9.50. The molecule has 1 amide bonds. The topological polar surface area (TPSA) is 102 Å². The van der Waals surface area contributed by atoms with Gasteiger partial charge in [0.05, 0.1) is 41.7 Å². The summed E-state index contributed by atoms with van der Waals surface area (Å²) < 4.78 is 41.2. The lowest BCUT2D eigenvalue weighted by Crippen LogP contribution is -2.39. The van der Waals surface area contributed by atoms with Crippen LogP contribution in [0.1, 0.15) is 22.5 Å². The number of methoxy groups -OCH3 is 2. The van der Waals surface area contributed by atoms with Crippen LogP contribution in [0.15, 0.2) is 76.7 Å². The number of rotatable bonds is 10. The van der Waals surface area contributed by atoms with Gasteiger partial charge < -0.3 is 14.0 Å². The minimum atomic E-state index is -4.19. The summed E-state index contributed by atoms with van der Waals surface area (Å²) >= 11 is 12.6. The summed E-state index contributed by atoms with van der Waals surface area (Å²) in [5.74, 6) is -0.0306. The molecule has 4 rings (SSSR count). The smallest absolute Gasteiger partial charge is 0.264 e. The van der Waals surface area contributed by atoms with E-state index >= 15 is 0 Å². The molecule has 1 heterocycles. The van der Waals surface area contributed by atoms with Gasteiger partial charge in [0.1, 0.15) is 18.0 Å². The predicted molar refractivity (Wildman–Crippen MR) is 166 cm³/mol. The number of ether oxygens (including phenoxy) is 2. The van der Waals surface area contributed by atoms with Crippen molar-refractivity contribution in [3.63, 3.8) is 0 Å². The van der Waals surface area contributed by atoms with Crippen molar-refractivity contribution in [1.29, 1.82) is 0 Å². The minimum Gasteiger partial charge on any atom is -0.497 e. The highest BCUT2D eigenvalue weighted by Gasteiger charge is 2.30. The van der Waals surface area contributed by atoms with Crippen molar-refractivity contribution in [2.24, 2.45) is 5.10 Å². The molecular formula is C30H30Cl2N4O5S.